The first kappa shape index (κ1) is 12.8. The zero-order valence-electron chi connectivity index (χ0n) is 11.4. The zero-order chi connectivity index (χ0) is 13.1. The smallest absolute Gasteiger partial charge is 0.231 e. The van der Waals surface area contributed by atoms with Gasteiger partial charge in [-0.25, -0.2) is 0 Å². The Hall–Kier alpha value is -1.26. The van der Waals surface area contributed by atoms with E-state index in [1.165, 1.54) is 5.56 Å². The van der Waals surface area contributed by atoms with Crippen molar-refractivity contribution in [3.8, 4) is 11.5 Å². The molecule has 19 heavy (non-hydrogen) atoms. The van der Waals surface area contributed by atoms with Crippen LogP contribution in [0.4, 0.5) is 0 Å². The number of fused-ring (bicyclic) bond motifs is 1. The number of para-hydroxylation sites is 1. The van der Waals surface area contributed by atoms with Crippen LogP contribution in [0.25, 0.3) is 0 Å². The van der Waals surface area contributed by atoms with Crippen molar-refractivity contribution >= 4 is 0 Å². The Morgan fingerprint density at radius 1 is 1.32 bits per heavy atom. The topological polar surface area (TPSA) is 39.7 Å². The number of benzene rings is 1. The molecule has 1 saturated heterocycles. The van der Waals surface area contributed by atoms with E-state index in [4.69, 9.17) is 14.2 Å². The van der Waals surface area contributed by atoms with E-state index in [-0.39, 0.29) is 0 Å². The summed E-state index contributed by atoms with van der Waals surface area (Å²) < 4.78 is 16.6. The molecule has 3 rings (SSSR count). The van der Waals surface area contributed by atoms with Crippen LogP contribution in [0.2, 0.25) is 0 Å². The summed E-state index contributed by atoms with van der Waals surface area (Å²) in [6.45, 7) is 4.21. The molecule has 0 aliphatic carbocycles. The second kappa shape index (κ2) is 5.80. The van der Waals surface area contributed by atoms with Crippen molar-refractivity contribution in [2.24, 2.45) is 0 Å². The molecule has 2 heterocycles. The molecule has 0 spiro atoms. The Morgan fingerprint density at radius 3 is 3.16 bits per heavy atom. The van der Waals surface area contributed by atoms with Crippen LogP contribution in [0.5, 0.6) is 11.5 Å². The molecule has 0 bridgehead atoms. The normalized spacial score (nSPS) is 25.5. The third kappa shape index (κ3) is 2.85. The lowest BCUT2D eigenvalue weighted by Gasteiger charge is -2.29. The Balaban J connectivity index is 1.59. The summed E-state index contributed by atoms with van der Waals surface area (Å²) in [4.78, 5) is 0. The van der Waals surface area contributed by atoms with Crippen LogP contribution in [0.3, 0.4) is 0 Å². The molecule has 1 N–H and O–H groups in total. The monoisotopic (exact) mass is 263 g/mol. The fourth-order valence-electron chi connectivity index (χ4n) is 2.73. The average Bonchev–Trinajstić information content (AvgIpc) is 2.94. The van der Waals surface area contributed by atoms with Crippen LogP contribution in [0, 0.1) is 0 Å². The van der Waals surface area contributed by atoms with Gasteiger partial charge in [-0.2, -0.15) is 0 Å². The summed E-state index contributed by atoms with van der Waals surface area (Å²) >= 11 is 0. The molecule has 0 saturated carbocycles. The maximum absolute atomic E-state index is 5.70. The van der Waals surface area contributed by atoms with Crippen LogP contribution >= 0.6 is 0 Å². The summed E-state index contributed by atoms with van der Waals surface area (Å²) in [5.74, 6) is 1.76. The van der Waals surface area contributed by atoms with Gasteiger partial charge in [-0.15, -0.1) is 0 Å². The highest BCUT2D eigenvalue weighted by atomic mass is 16.7. The number of nitrogens with one attached hydrogen (secondary N) is 1. The number of ether oxygens (including phenoxy) is 3. The average molecular weight is 263 g/mol. The second-order valence-corrected chi connectivity index (χ2v) is 5.15. The van der Waals surface area contributed by atoms with Crippen LogP contribution < -0.4 is 14.8 Å². The van der Waals surface area contributed by atoms with Crippen molar-refractivity contribution in [1.29, 1.82) is 0 Å². The molecule has 4 nitrogen and oxygen atoms in total. The Bertz CT molecular complexity index is 435. The van der Waals surface area contributed by atoms with Gasteiger partial charge in [0.15, 0.2) is 11.5 Å². The Morgan fingerprint density at radius 2 is 2.26 bits per heavy atom. The van der Waals surface area contributed by atoms with E-state index in [2.05, 4.69) is 18.3 Å². The summed E-state index contributed by atoms with van der Waals surface area (Å²) in [5.41, 5.74) is 1.18. The third-order valence-corrected chi connectivity index (χ3v) is 3.88. The van der Waals surface area contributed by atoms with Crippen LogP contribution in [0.15, 0.2) is 18.2 Å². The molecular weight excluding hydrogens is 242 g/mol. The molecule has 0 radical (unpaired) electrons. The molecule has 1 aromatic rings. The van der Waals surface area contributed by atoms with Gasteiger partial charge >= 0.3 is 0 Å². The highest BCUT2D eigenvalue weighted by Crippen LogP contribution is 2.35. The molecule has 2 unspecified atom stereocenters. The lowest BCUT2D eigenvalue weighted by Crippen LogP contribution is -2.38. The SMILES string of the molecule is CCC1CC(NCc2cccc3c2OCO3)CCO1. The number of rotatable bonds is 4. The van der Waals surface area contributed by atoms with E-state index in [1.54, 1.807) is 0 Å². The second-order valence-electron chi connectivity index (χ2n) is 5.15. The summed E-state index contributed by atoms with van der Waals surface area (Å²) in [7, 11) is 0. The highest BCUT2D eigenvalue weighted by Gasteiger charge is 2.22. The number of hydrogen-bond donors (Lipinski definition) is 1. The van der Waals surface area contributed by atoms with Gasteiger partial charge in [0, 0.05) is 24.8 Å². The van der Waals surface area contributed by atoms with Gasteiger partial charge in [-0.3, -0.25) is 0 Å². The van der Waals surface area contributed by atoms with E-state index in [1.807, 2.05) is 12.1 Å². The fraction of sp³-hybridized carbons (Fsp3) is 0.600. The summed E-state index contributed by atoms with van der Waals surface area (Å²) in [6, 6.07) is 6.60. The number of hydrogen-bond acceptors (Lipinski definition) is 4. The zero-order valence-corrected chi connectivity index (χ0v) is 11.4. The highest BCUT2D eigenvalue weighted by molar-refractivity contribution is 5.48. The van der Waals surface area contributed by atoms with E-state index in [0.29, 0.717) is 18.9 Å². The minimum absolute atomic E-state index is 0.335. The molecule has 4 heteroatoms. The molecule has 1 fully saturated rings. The quantitative estimate of drug-likeness (QED) is 0.906. The molecule has 1 aromatic carbocycles. The first-order chi connectivity index (χ1) is 9.36. The van der Waals surface area contributed by atoms with Crippen molar-refractivity contribution in [2.45, 2.75) is 44.9 Å². The van der Waals surface area contributed by atoms with Crippen LogP contribution in [0.1, 0.15) is 31.7 Å². The fourth-order valence-corrected chi connectivity index (χ4v) is 2.73. The van der Waals surface area contributed by atoms with E-state index >= 15 is 0 Å². The molecule has 104 valence electrons. The lowest BCUT2D eigenvalue weighted by atomic mass is 10.0. The van der Waals surface area contributed by atoms with Crippen molar-refractivity contribution in [3.63, 3.8) is 0 Å². The van der Waals surface area contributed by atoms with E-state index in [9.17, 15) is 0 Å². The van der Waals surface area contributed by atoms with Gasteiger partial charge in [-0.1, -0.05) is 19.1 Å². The predicted molar refractivity (Wildman–Crippen MR) is 72.5 cm³/mol. The van der Waals surface area contributed by atoms with Crippen molar-refractivity contribution in [3.05, 3.63) is 23.8 Å². The molecule has 0 aromatic heterocycles. The van der Waals surface area contributed by atoms with Gasteiger partial charge in [0.2, 0.25) is 6.79 Å². The molecule has 2 aliphatic rings. The maximum Gasteiger partial charge on any atom is 0.231 e. The van der Waals surface area contributed by atoms with Gasteiger partial charge in [-0.05, 0) is 25.3 Å². The lowest BCUT2D eigenvalue weighted by molar-refractivity contribution is -0.000341. The van der Waals surface area contributed by atoms with Gasteiger partial charge in [0.05, 0.1) is 6.10 Å². The van der Waals surface area contributed by atoms with Crippen LogP contribution in [-0.4, -0.2) is 25.5 Å². The van der Waals surface area contributed by atoms with Crippen molar-refractivity contribution in [1.82, 2.24) is 5.32 Å². The Labute approximate surface area is 114 Å². The largest absolute Gasteiger partial charge is 0.454 e. The first-order valence-electron chi connectivity index (χ1n) is 7.09. The van der Waals surface area contributed by atoms with Gasteiger partial charge in [0.1, 0.15) is 0 Å². The van der Waals surface area contributed by atoms with E-state index < -0.39 is 0 Å². The first-order valence-corrected chi connectivity index (χ1v) is 7.09. The standard InChI is InChI=1S/C15H21NO3/c1-2-13-8-12(6-7-17-13)16-9-11-4-3-5-14-15(11)19-10-18-14/h3-5,12-13,16H,2,6-10H2,1H3. The molecule has 0 amide bonds. The third-order valence-electron chi connectivity index (χ3n) is 3.88. The van der Waals surface area contributed by atoms with Crippen LogP contribution in [-0.2, 0) is 11.3 Å². The minimum Gasteiger partial charge on any atom is -0.454 e. The molecule has 2 aliphatic heterocycles. The maximum atomic E-state index is 5.70. The predicted octanol–water partition coefficient (Wildman–Crippen LogP) is 2.46. The summed E-state index contributed by atoms with van der Waals surface area (Å²) in [6.07, 6.45) is 3.69. The van der Waals surface area contributed by atoms with Crippen molar-refractivity contribution < 1.29 is 14.2 Å². The Kier molecular flexibility index (Phi) is 3.89. The molecule has 2 atom stereocenters. The van der Waals surface area contributed by atoms with Gasteiger partial charge < -0.3 is 19.5 Å². The van der Waals surface area contributed by atoms with Crippen molar-refractivity contribution in [2.75, 3.05) is 13.4 Å². The summed E-state index contributed by atoms with van der Waals surface area (Å²) in [5, 5.41) is 3.62. The van der Waals surface area contributed by atoms with Gasteiger partial charge in [0.25, 0.3) is 0 Å². The van der Waals surface area contributed by atoms with E-state index in [0.717, 1.165) is 43.9 Å². The minimum atomic E-state index is 0.335. The molecular formula is C15H21NO3.